The summed E-state index contributed by atoms with van der Waals surface area (Å²) in [5, 5.41) is 2.87. The predicted molar refractivity (Wildman–Crippen MR) is 72.5 cm³/mol. The SMILES string of the molecule is CCCCCCCCC(=O)NC(CCl)COC. The van der Waals surface area contributed by atoms with E-state index in [9.17, 15) is 4.79 Å². The number of hydrogen-bond acceptors (Lipinski definition) is 2. The van der Waals surface area contributed by atoms with Crippen LogP contribution in [-0.4, -0.2) is 31.5 Å². The van der Waals surface area contributed by atoms with Crippen LogP contribution in [0, 0.1) is 0 Å². The Morgan fingerprint density at radius 2 is 1.88 bits per heavy atom. The van der Waals surface area contributed by atoms with Crippen molar-refractivity contribution < 1.29 is 9.53 Å². The third kappa shape index (κ3) is 10.6. The lowest BCUT2D eigenvalue weighted by Crippen LogP contribution is -2.39. The summed E-state index contributed by atoms with van der Waals surface area (Å²) in [4.78, 5) is 11.6. The molecule has 0 fully saturated rings. The molecule has 0 rings (SSSR count). The molecule has 0 aliphatic heterocycles. The first-order valence-corrected chi connectivity index (χ1v) is 7.12. The normalized spacial score (nSPS) is 12.4. The smallest absolute Gasteiger partial charge is 0.220 e. The first-order chi connectivity index (χ1) is 8.24. The van der Waals surface area contributed by atoms with Gasteiger partial charge in [0.15, 0.2) is 0 Å². The van der Waals surface area contributed by atoms with Crippen molar-refractivity contribution in [3.63, 3.8) is 0 Å². The van der Waals surface area contributed by atoms with Gasteiger partial charge in [-0.3, -0.25) is 4.79 Å². The molecule has 3 nitrogen and oxygen atoms in total. The fraction of sp³-hybridized carbons (Fsp3) is 0.923. The molecule has 17 heavy (non-hydrogen) atoms. The Balaban J connectivity index is 3.44. The first-order valence-electron chi connectivity index (χ1n) is 6.58. The maximum absolute atomic E-state index is 11.6. The van der Waals surface area contributed by atoms with Gasteiger partial charge in [-0.15, -0.1) is 11.6 Å². The van der Waals surface area contributed by atoms with Gasteiger partial charge in [0.25, 0.3) is 0 Å². The molecule has 0 bridgehead atoms. The quantitative estimate of drug-likeness (QED) is 0.460. The van der Waals surface area contributed by atoms with Gasteiger partial charge in [-0.1, -0.05) is 39.0 Å². The second-order valence-corrected chi connectivity index (χ2v) is 4.70. The van der Waals surface area contributed by atoms with E-state index in [1.165, 1.54) is 25.7 Å². The van der Waals surface area contributed by atoms with Crippen LogP contribution in [-0.2, 0) is 9.53 Å². The van der Waals surface area contributed by atoms with E-state index in [2.05, 4.69) is 12.2 Å². The highest BCUT2D eigenvalue weighted by Crippen LogP contribution is 2.06. The standard InChI is InChI=1S/C13H26ClNO2/c1-3-4-5-6-7-8-9-13(16)15-12(10-14)11-17-2/h12H,3-11H2,1-2H3,(H,15,16). The molecule has 0 aliphatic carbocycles. The van der Waals surface area contributed by atoms with Gasteiger partial charge >= 0.3 is 0 Å². The molecule has 0 heterocycles. The lowest BCUT2D eigenvalue weighted by molar-refractivity contribution is -0.122. The van der Waals surface area contributed by atoms with E-state index >= 15 is 0 Å². The monoisotopic (exact) mass is 263 g/mol. The summed E-state index contributed by atoms with van der Waals surface area (Å²) >= 11 is 5.71. The van der Waals surface area contributed by atoms with Crippen LogP contribution in [0.1, 0.15) is 51.9 Å². The summed E-state index contributed by atoms with van der Waals surface area (Å²) in [5.74, 6) is 0.485. The van der Waals surface area contributed by atoms with Gasteiger partial charge in [0, 0.05) is 19.4 Å². The summed E-state index contributed by atoms with van der Waals surface area (Å²) in [6, 6.07) is -0.0609. The number of alkyl halides is 1. The van der Waals surface area contributed by atoms with Gasteiger partial charge in [-0.05, 0) is 6.42 Å². The molecule has 0 aromatic heterocycles. The number of rotatable bonds is 11. The summed E-state index contributed by atoms with van der Waals surface area (Å²) in [6.45, 7) is 2.68. The van der Waals surface area contributed by atoms with E-state index in [0.29, 0.717) is 18.9 Å². The fourth-order valence-electron chi connectivity index (χ4n) is 1.69. The minimum absolute atomic E-state index is 0.0609. The number of hydrogen-bond donors (Lipinski definition) is 1. The third-order valence-electron chi connectivity index (χ3n) is 2.68. The summed E-state index contributed by atoms with van der Waals surface area (Å²) in [5.41, 5.74) is 0. The Bertz CT molecular complexity index is 188. The summed E-state index contributed by atoms with van der Waals surface area (Å²) in [7, 11) is 1.61. The van der Waals surface area contributed by atoms with Gasteiger partial charge in [0.1, 0.15) is 0 Å². The van der Waals surface area contributed by atoms with Crippen LogP contribution in [0.5, 0.6) is 0 Å². The minimum atomic E-state index is -0.0609. The highest BCUT2D eigenvalue weighted by Gasteiger charge is 2.10. The third-order valence-corrected chi connectivity index (χ3v) is 3.05. The number of halogens is 1. The molecule has 0 spiro atoms. The number of ether oxygens (including phenoxy) is 1. The van der Waals surface area contributed by atoms with Crippen LogP contribution < -0.4 is 5.32 Å². The van der Waals surface area contributed by atoms with Gasteiger partial charge in [-0.2, -0.15) is 0 Å². The zero-order valence-corrected chi connectivity index (χ0v) is 11.9. The molecule has 0 saturated carbocycles. The number of carbonyl (C=O) groups excluding carboxylic acids is 1. The van der Waals surface area contributed by atoms with Crippen molar-refractivity contribution in [2.45, 2.75) is 57.9 Å². The molecule has 0 saturated heterocycles. The average molecular weight is 264 g/mol. The van der Waals surface area contributed by atoms with Crippen LogP contribution in [0.3, 0.4) is 0 Å². The van der Waals surface area contributed by atoms with E-state index in [1.54, 1.807) is 7.11 Å². The molecule has 1 amide bonds. The zero-order valence-electron chi connectivity index (χ0n) is 11.1. The van der Waals surface area contributed by atoms with Crippen LogP contribution in [0.4, 0.5) is 0 Å². The van der Waals surface area contributed by atoms with Crippen LogP contribution in [0.25, 0.3) is 0 Å². The van der Waals surface area contributed by atoms with Crippen molar-refractivity contribution >= 4 is 17.5 Å². The number of carbonyl (C=O) groups is 1. The number of amides is 1. The second kappa shape index (κ2) is 12.2. The molecular weight excluding hydrogens is 238 g/mol. The molecule has 0 radical (unpaired) electrons. The van der Waals surface area contributed by atoms with Crippen LogP contribution >= 0.6 is 11.6 Å². The van der Waals surface area contributed by atoms with Crippen LogP contribution in [0.2, 0.25) is 0 Å². The van der Waals surface area contributed by atoms with Crippen molar-refractivity contribution in [3.05, 3.63) is 0 Å². The number of methoxy groups -OCH3 is 1. The molecule has 4 heteroatoms. The second-order valence-electron chi connectivity index (χ2n) is 4.39. The molecule has 1 unspecified atom stereocenters. The largest absolute Gasteiger partial charge is 0.383 e. The minimum Gasteiger partial charge on any atom is -0.383 e. The Labute approximate surface area is 110 Å². The van der Waals surface area contributed by atoms with Crippen molar-refractivity contribution in [1.29, 1.82) is 0 Å². The van der Waals surface area contributed by atoms with Gasteiger partial charge in [-0.25, -0.2) is 0 Å². The first kappa shape index (κ1) is 16.7. The summed E-state index contributed by atoms with van der Waals surface area (Å²) < 4.78 is 4.97. The van der Waals surface area contributed by atoms with Gasteiger partial charge in [0.05, 0.1) is 12.6 Å². The molecule has 0 aromatic rings. The molecule has 0 aromatic carbocycles. The van der Waals surface area contributed by atoms with Crippen molar-refractivity contribution in [3.8, 4) is 0 Å². The number of unbranched alkanes of at least 4 members (excludes halogenated alkanes) is 5. The summed E-state index contributed by atoms with van der Waals surface area (Å²) in [6.07, 6.45) is 7.79. The highest BCUT2D eigenvalue weighted by molar-refractivity contribution is 6.18. The van der Waals surface area contributed by atoms with E-state index in [4.69, 9.17) is 16.3 Å². The molecular formula is C13H26ClNO2. The molecule has 0 aliphatic rings. The zero-order chi connectivity index (χ0) is 12.9. The van der Waals surface area contributed by atoms with E-state index in [-0.39, 0.29) is 11.9 Å². The molecule has 1 N–H and O–H groups in total. The van der Waals surface area contributed by atoms with Gasteiger partial charge in [0.2, 0.25) is 5.91 Å². The Hall–Kier alpha value is -0.280. The molecule has 1 atom stereocenters. The Kier molecular flexibility index (Phi) is 12.0. The van der Waals surface area contributed by atoms with Crippen LogP contribution in [0.15, 0.2) is 0 Å². The maximum Gasteiger partial charge on any atom is 0.220 e. The molecule has 102 valence electrons. The van der Waals surface area contributed by atoms with E-state index in [1.807, 2.05) is 0 Å². The lowest BCUT2D eigenvalue weighted by atomic mass is 10.1. The van der Waals surface area contributed by atoms with Gasteiger partial charge < -0.3 is 10.1 Å². The van der Waals surface area contributed by atoms with Crippen molar-refractivity contribution in [2.24, 2.45) is 0 Å². The number of nitrogens with one attached hydrogen (secondary N) is 1. The fourth-order valence-corrected chi connectivity index (χ4v) is 1.86. The van der Waals surface area contributed by atoms with Crippen molar-refractivity contribution in [2.75, 3.05) is 19.6 Å². The maximum atomic E-state index is 11.6. The van der Waals surface area contributed by atoms with Crippen molar-refractivity contribution in [1.82, 2.24) is 5.32 Å². The van der Waals surface area contributed by atoms with E-state index < -0.39 is 0 Å². The lowest BCUT2D eigenvalue weighted by Gasteiger charge is -2.14. The Morgan fingerprint density at radius 3 is 2.47 bits per heavy atom. The van der Waals surface area contributed by atoms with E-state index in [0.717, 1.165) is 12.8 Å². The Morgan fingerprint density at radius 1 is 1.24 bits per heavy atom. The highest BCUT2D eigenvalue weighted by atomic mass is 35.5. The topological polar surface area (TPSA) is 38.3 Å². The predicted octanol–water partition coefficient (Wildman–Crippen LogP) is 3.11. The average Bonchev–Trinajstić information content (AvgIpc) is 2.33.